The van der Waals surface area contributed by atoms with Gasteiger partial charge in [0.15, 0.2) is 0 Å². The monoisotopic (exact) mass is 388 g/mol. The van der Waals surface area contributed by atoms with Crippen LogP contribution >= 0.6 is 0 Å². The maximum Gasteiger partial charge on any atom is 0.256 e. The summed E-state index contributed by atoms with van der Waals surface area (Å²) in [7, 11) is 0. The molecular weight excluding hydrogens is 352 g/mol. The minimum absolute atomic E-state index is 0.0451. The Bertz CT molecular complexity index is 629. The van der Waals surface area contributed by atoms with Crippen LogP contribution < -0.4 is 10.1 Å². The van der Waals surface area contributed by atoms with Gasteiger partial charge < -0.3 is 14.8 Å². The second-order valence-electron chi connectivity index (χ2n) is 8.60. The highest BCUT2D eigenvalue weighted by atomic mass is 16.5. The van der Waals surface area contributed by atoms with E-state index in [9.17, 15) is 4.79 Å². The minimum Gasteiger partial charge on any atom is -0.492 e. The van der Waals surface area contributed by atoms with Gasteiger partial charge >= 0.3 is 0 Å². The van der Waals surface area contributed by atoms with Crippen molar-refractivity contribution < 1.29 is 14.3 Å². The van der Waals surface area contributed by atoms with Crippen molar-refractivity contribution in [2.45, 2.75) is 58.5 Å². The number of anilines is 1. The molecule has 3 rings (SSSR count). The van der Waals surface area contributed by atoms with Gasteiger partial charge in [-0.05, 0) is 81.7 Å². The summed E-state index contributed by atoms with van der Waals surface area (Å²) in [5.41, 5.74) is 0.0608. The minimum atomic E-state index is -0.725. The maximum absolute atomic E-state index is 12.8. The molecule has 1 aliphatic heterocycles. The average molecular weight is 389 g/mol. The Morgan fingerprint density at radius 2 is 1.96 bits per heavy atom. The van der Waals surface area contributed by atoms with Gasteiger partial charge in [0, 0.05) is 25.4 Å². The second kappa shape index (κ2) is 9.75. The third kappa shape index (κ3) is 5.71. The van der Waals surface area contributed by atoms with Crippen LogP contribution in [0.1, 0.15) is 52.9 Å². The molecule has 2 fully saturated rings. The first-order valence-corrected chi connectivity index (χ1v) is 10.9. The number of ether oxygens (including phenoxy) is 2. The standard InChI is InChI=1S/C23H36N2O3/c1-4-15-28-23(3,19-7-8-19)22(26)24-20-9-11-21(12-10-20)27-16-14-25-13-5-6-18(2)17-25/h9-12,18-19H,4-8,13-17H2,1-3H3,(H,24,26). The molecule has 1 aromatic rings. The fraction of sp³-hybridized carbons (Fsp3) is 0.696. The number of rotatable bonds is 10. The highest BCUT2D eigenvalue weighted by Gasteiger charge is 2.48. The number of piperidine rings is 1. The lowest BCUT2D eigenvalue weighted by Gasteiger charge is -2.30. The summed E-state index contributed by atoms with van der Waals surface area (Å²) in [6, 6.07) is 7.66. The highest BCUT2D eigenvalue weighted by Crippen LogP contribution is 2.42. The van der Waals surface area contributed by atoms with Crippen molar-refractivity contribution >= 4 is 11.6 Å². The summed E-state index contributed by atoms with van der Waals surface area (Å²) < 4.78 is 11.8. The van der Waals surface area contributed by atoms with Crippen LogP contribution in [-0.4, -0.2) is 49.3 Å². The SMILES string of the molecule is CCCOC(C)(C(=O)Nc1ccc(OCCN2CCCC(C)C2)cc1)C1CC1. The number of hydrogen-bond acceptors (Lipinski definition) is 4. The summed E-state index contributed by atoms with van der Waals surface area (Å²) >= 11 is 0. The molecule has 5 nitrogen and oxygen atoms in total. The molecule has 0 aromatic heterocycles. The molecule has 1 saturated carbocycles. The summed E-state index contributed by atoms with van der Waals surface area (Å²) in [5, 5.41) is 3.02. The number of nitrogens with zero attached hydrogens (tertiary/aromatic N) is 1. The van der Waals surface area contributed by atoms with E-state index in [1.807, 2.05) is 31.2 Å². The van der Waals surface area contributed by atoms with Gasteiger partial charge in [-0.15, -0.1) is 0 Å². The van der Waals surface area contributed by atoms with E-state index in [1.165, 1.54) is 25.9 Å². The van der Waals surface area contributed by atoms with Crippen LogP contribution in [0.3, 0.4) is 0 Å². The van der Waals surface area contributed by atoms with Crippen LogP contribution in [0.5, 0.6) is 5.75 Å². The summed E-state index contributed by atoms with van der Waals surface area (Å²) in [6.45, 7) is 10.9. The van der Waals surface area contributed by atoms with Gasteiger partial charge in [0.1, 0.15) is 18.0 Å². The van der Waals surface area contributed by atoms with Crippen LogP contribution in [0.2, 0.25) is 0 Å². The Hall–Kier alpha value is -1.59. The molecule has 5 heteroatoms. The molecule has 156 valence electrons. The number of hydrogen-bond donors (Lipinski definition) is 1. The van der Waals surface area contributed by atoms with Gasteiger partial charge in [-0.25, -0.2) is 0 Å². The van der Waals surface area contributed by atoms with Gasteiger partial charge in [-0.3, -0.25) is 9.69 Å². The molecule has 0 radical (unpaired) electrons. The molecular formula is C23H36N2O3. The second-order valence-corrected chi connectivity index (χ2v) is 8.60. The van der Waals surface area contributed by atoms with Gasteiger partial charge in [0.05, 0.1) is 0 Å². The number of nitrogens with one attached hydrogen (secondary N) is 1. The molecule has 2 unspecified atom stereocenters. The van der Waals surface area contributed by atoms with E-state index in [0.717, 1.165) is 43.2 Å². The van der Waals surface area contributed by atoms with Gasteiger partial charge in [0.25, 0.3) is 5.91 Å². The normalized spacial score (nSPS) is 22.5. The predicted octanol–water partition coefficient (Wildman–Crippen LogP) is 4.33. The van der Waals surface area contributed by atoms with Crippen molar-refractivity contribution in [3.05, 3.63) is 24.3 Å². The highest BCUT2D eigenvalue weighted by molar-refractivity contribution is 5.97. The van der Waals surface area contributed by atoms with Crippen LogP contribution in [0, 0.1) is 11.8 Å². The summed E-state index contributed by atoms with van der Waals surface area (Å²) in [4.78, 5) is 15.3. The largest absolute Gasteiger partial charge is 0.492 e. The molecule has 1 N–H and O–H groups in total. The predicted molar refractivity (Wildman–Crippen MR) is 113 cm³/mol. The van der Waals surface area contributed by atoms with Crippen molar-refractivity contribution in [3.63, 3.8) is 0 Å². The van der Waals surface area contributed by atoms with E-state index >= 15 is 0 Å². The van der Waals surface area contributed by atoms with E-state index in [2.05, 4.69) is 24.1 Å². The van der Waals surface area contributed by atoms with Crippen LogP contribution in [-0.2, 0) is 9.53 Å². The number of carbonyl (C=O) groups is 1. The maximum atomic E-state index is 12.8. The molecule has 0 spiro atoms. The summed E-state index contributed by atoms with van der Waals surface area (Å²) in [5.74, 6) is 1.92. The fourth-order valence-electron chi connectivity index (χ4n) is 3.99. The number of likely N-dealkylation sites (tertiary alicyclic amines) is 1. The molecule has 1 amide bonds. The zero-order valence-electron chi connectivity index (χ0n) is 17.7. The molecule has 2 atom stereocenters. The fourth-order valence-corrected chi connectivity index (χ4v) is 3.99. The molecule has 1 heterocycles. The van der Waals surface area contributed by atoms with E-state index < -0.39 is 5.60 Å². The average Bonchev–Trinajstić information content (AvgIpc) is 3.53. The number of carbonyl (C=O) groups excluding carboxylic acids is 1. The zero-order valence-corrected chi connectivity index (χ0v) is 17.7. The third-order valence-electron chi connectivity index (χ3n) is 5.94. The lowest BCUT2D eigenvalue weighted by atomic mass is 9.98. The smallest absolute Gasteiger partial charge is 0.256 e. The van der Waals surface area contributed by atoms with Gasteiger partial charge in [0.2, 0.25) is 0 Å². The van der Waals surface area contributed by atoms with Crippen molar-refractivity contribution in [1.29, 1.82) is 0 Å². The quantitative estimate of drug-likeness (QED) is 0.648. The van der Waals surface area contributed by atoms with Crippen LogP contribution in [0.4, 0.5) is 5.69 Å². The Kier molecular flexibility index (Phi) is 7.36. The summed E-state index contributed by atoms with van der Waals surface area (Å²) in [6.07, 6.45) is 5.68. The Balaban J connectivity index is 1.46. The lowest BCUT2D eigenvalue weighted by Crippen LogP contribution is -2.45. The molecule has 1 aliphatic carbocycles. The molecule has 2 aliphatic rings. The number of amides is 1. The van der Waals surface area contributed by atoms with Crippen LogP contribution in [0.25, 0.3) is 0 Å². The Morgan fingerprint density at radius 1 is 1.21 bits per heavy atom. The Labute approximate surface area is 169 Å². The van der Waals surface area contributed by atoms with E-state index in [-0.39, 0.29) is 5.91 Å². The zero-order chi connectivity index (χ0) is 20.0. The van der Waals surface area contributed by atoms with Crippen molar-refractivity contribution in [3.8, 4) is 5.75 Å². The molecule has 0 bridgehead atoms. The van der Waals surface area contributed by atoms with Gasteiger partial charge in [-0.1, -0.05) is 13.8 Å². The van der Waals surface area contributed by atoms with E-state index in [1.54, 1.807) is 0 Å². The van der Waals surface area contributed by atoms with E-state index in [4.69, 9.17) is 9.47 Å². The Morgan fingerprint density at radius 3 is 2.61 bits per heavy atom. The third-order valence-corrected chi connectivity index (χ3v) is 5.94. The van der Waals surface area contributed by atoms with Crippen molar-refractivity contribution in [2.75, 3.05) is 38.2 Å². The van der Waals surface area contributed by atoms with Crippen molar-refractivity contribution in [2.24, 2.45) is 11.8 Å². The first kappa shape index (κ1) is 21.1. The lowest BCUT2D eigenvalue weighted by molar-refractivity contribution is -0.142. The number of benzene rings is 1. The molecule has 1 saturated heterocycles. The molecule has 28 heavy (non-hydrogen) atoms. The molecule has 1 aromatic carbocycles. The van der Waals surface area contributed by atoms with Crippen LogP contribution in [0.15, 0.2) is 24.3 Å². The van der Waals surface area contributed by atoms with Crippen molar-refractivity contribution in [1.82, 2.24) is 4.90 Å². The topological polar surface area (TPSA) is 50.8 Å². The first-order valence-electron chi connectivity index (χ1n) is 10.9. The van der Waals surface area contributed by atoms with Gasteiger partial charge in [-0.2, -0.15) is 0 Å². The van der Waals surface area contributed by atoms with E-state index in [0.29, 0.717) is 19.1 Å². The first-order chi connectivity index (χ1) is 13.5.